The molecule has 0 unspecified atom stereocenters. The first-order valence-corrected chi connectivity index (χ1v) is 8.96. The molecule has 0 radical (unpaired) electrons. The third-order valence-corrected chi connectivity index (χ3v) is 6.31. The number of rotatable bonds is 5. The van der Waals surface area contributed by atoms with E-state index in [9.17, 15) is 8.42 Å². The summed E-state index contributed by atoms with van der Waals surface area (Å²) in [6.07, 6.45) is 1.97. The molecule has 3 rings (SSSR count). The van der Waals surface area contributed by atoms with Crippen LogP contribution in [0.25, 0.3) is 0 Å². The van der Waals surface area contributed by atoms with Gasteiger partial charge < -0.3 is 0 Å². The lowest BCUT2D eigenvalue weighted by atomic mass is 9.96. The second-order valence-electron chi connectivity index (χ2n) is 5.80. The standard InChI is InChI=1S/C15H18ClN3O2S/c1-11-13(14(16)19(2)18-11)22(20,21)17-10-15(8-9-15)12-6-4-3-5-7-12/h3-7,17H,8-10H2,1-2H3. The first-order valence-electron chi connectivity index (χ1n) is 7.10. The number of hydrogen-bond donors (Lipinski definition) is 1. The van der Waals surface area contributed by atoms with Crippen molar-refractivity contribution < 1.29 is 8.42 Å². The molecule has 118 valence electrons. The van der Waals surface area contributed by atoms with Crippen molar-refractivity contribution in [1.29, 1.82) is 0 Å². The number of aromatic nitrogens is 2. The van der Waals surface area contributed by atoms with Gasteiger partial charge in [-0.2, -0.15) is 5.10 Å². The second kappa shape index (κ2) is 5.37. The van der Waals surface area contributed by atoms with Crippen LogP contribution in [-0.2, 0) is 22.5 Å². The number of hydrogen-bond acceptors (Lipinski definition) is 3. The van der Waals surface area contributed by atoms with Crippen molar-refractivity contribution in [2.45, 2.75) is 30.1 Å². The summed E-state index contributed by atoms with van der Waals surface area (Å²) >= 11 is 6.06. The van der Waals surface area contributed by atoms with Gasteiger partial charge in [0.1, 0.15) is 10.0 Å². The molecule has 1 heterocycles. The van der Waals surface area contributed by atoms with Gasteiger partial charge in [-0.15, -0.1) is 0 Å². The third kappa shape index (κ3) is 2.66. The topological polar surface area (TPSA) is 64.0 Å². The monoisotopic (exact) mass is 339 g/mol. The smallest absolute Gasteiger partial charge is 0.245 e. The van der Waals surface area contributed by atoms with E-state index < -0.39 is 10.0 Å². The van der Waals surface area contributed by atoms with Gasteiger partial charge in [-0.25, -0.2) is 13.1 Å². The minimum Gasteiger partial charge on any atom is -0.255 e. The molecule has 1 aliphatic rings. The molecule has 1 aliphatic carbocycles. The van der Waals surface area contributed by atoms with Crippen LogP contribution < -0.4 is 4.72 Å². The lowest BCUT2D eigenvalue weighted by molar-refractivity contribution is 0.566. The van der Waals surface area contributed by atoms with Crippen LogP contribution in [-0.4, -0.2) is 24.7 Å². The summed E-state index contributed by atoms with van der Waals surface area (Å²) < 4.78 is 29.2. The Morgan fingerprint density at radius 1 is 1.32 bits per heavy atom. The maximum Gasteiger partial charge on any atom is 0.245 e. The molecule has 0 amide bonds. The molecule has 7 heteroatoms. The van der Waals surface area contributed by atoms with Crippen molar-refractivity contribution in [1.82, 2.24) is 14.5 Å². The molecule has 1 fully saturated rings. The molecule has 5 nitrogen and oxygen atoms in total. The molecule has 1 N–H and O–H groups in total. The fourth-order valence-electron chi connectivity index (χ4n) is 2.73. The van der Waals surface area contributed by atoms with Crippen molar-refractivity contribution in [2.75, 3.05) is 6.54 Å². The molecule has 2 aromatic rings. The number of nitrogens with zero attached hydrogens (tertiary/aromatic N) is 2. The average molecular weight is 340 g/mol. The molecular formula is C15H18ClN3O2S. The molecule has 1 aromatic heterocycles. The van der Waals surface area contributed by atoms with Gasteiger partial charge in [-0.1, -0.05) is 41.9 Å². The largest absolute Gasteiger partial charge is 0.255 e. The Morgan fingerprint density at radius 2 is 1.95 bits per heavy atom. The Balaban J connectivity index is 1.82. The van der Waals surface area contributed by atoms with Crippen LogP contribution in [0.2, 0.25) is 5.15 Å². The number of sulfonamides is 1. The van der Waals surface area contributed by atoms with E-state index in [-0.39, 0.29) is 15.5 Å². The van der Waals surface area contributed by atoms with Gasteiger partial charge in [0.05, 0.1) is 5.69 Å². The minimum absolute atomic E-state index is 0.0699. The number of nitrogens with one attached hydrogen (secondary N) is 1. The normalized spacial score (nSPS) is 16.7. The van der Waals surface area contributed by atoms with Crippen molar-refractivity contribution in [2.24, 2.45) is 7.05 Å². The van der Waals surface area contributed by atoms with Crippen molar-refractivity contribution in [3.8, 4) is 0 Å². The van der Waals surface area contributed by atoms with Crippen molar-refractivity contribution >= 4 is 21.6 Å². The highest BCUT2D eigenvalue weighted by Gasteiger charge is 2.45. The van der Waals surface area contributed by atoms with Gasteiger partial charge in [0.2, 0.25) is 10.0 Å². The Morgan fingerprint density at radius 3 is 2.45 bits per heavy atom. The third-order valence-electron chi connectivity index (χ3n) is 4.21. The molecule has 22 heavy (non-hydrogen) atoms. The summed E-state index contributed by atoms with van der Waals surface area (Å²) in [6, 6.07) is 10.0. The SMILES string of the molecule is Cc1nn(C)c(Cl)c1S(=O)(=O)NCC1(c2ccccc2)CC1. The van der Waals surface area contributed by atoms with E-state index in [4.69, 9.17) is 11.6 Å². The number of halogens is 1. The van der Waals surface area contributed by atoms with Crippen LogP contribution in [0.4, 0.5) is 0 Å². The minimum atomic E-state index is -3.67. The first kappa shape index (κ1) is 15.5. The highest BCUT2D eigenvalue weighted by molar-refractivity contribution is 7.89. The maximum absolute atomic E-state index is 12.5. The maximum atomic E-state index is 12.5. The summed E-state index contributed by atoms with van der Waals surface area (Å²) in [7, 11) is -2.04. The quantitative estimate of drug-likeness (QED) is 0.909. The summed E-state index contributed by atoms with van der Waals surface area (Å²) in [5.41, 5.74) is 1.49. The summed E-state index contributed by atoms with van der Waals surface area (Å²) in [6.45, 7) is 2.02. The van der Waals surface area contributed by atoms with E-state index in [0.717, 1.165) is 12.8 Å². The van der Waals surface area contributed by atoms with E-state index in [1.165, 1.54) is 10.2 Å². The molecule has 0 spiro atoms. The number of benzene rings is 1. The summed E-state index contributed by atoms with van der Waals surface area (Å²) in [5, 5.41) is 4.19. The Bertz CT molecular complexity index is 796. The van der Waals surface area contributed by atoms with Crippen molar-refractivity contribution in [3.63, 3.8) is 0 Å². The van der Waals surface area contributed by atoms with E-state index >= 15 is 0 Å². The Hall–Kier alpha value is -1.37. The first-order chi connectivity index (χ1) is 10.4. The van der Waals surface area contributed by atoms with Crippen LogP contribution in [0.1, 0.15) is 24.1 Å². The molecule has 0 bridgehead atoms. The lowest BCUT2D eigenvalue weighted by Crippen LogP contribution is -2.32. The molecule has 0 saturated heterocycles. The van der Waals surface area contributed by atoms with Crippen LogP contribution in [0, 0.1) is 6.92 Å². The van der Waals surface area contributed by atoms with Gasteiger partial charge in [-0.05, 0) is 25.3 Å². The number of aryl methyl sites for hydroxylation is 2. The average Bonchev–Trinajstić information content (AvgIpc) is 3.22. The fraction of sp³-hybridized carbons (Fsp3) is 0.400. The van der Waals surface area contributed by atoms with E-state index in [0.29, 0.717) is 12.2 Å². The zero-order valence-electron chi connectivity index (χ0n) is 12.5. The molecule has 1 aromatic carbocycles. The van der Waals surface area contributed by atoms with E-state index in [2.05, 4.69) is 9.82 Å². The molecular weight excluding hydrogens is 322 g/mol. The van der Waals surface area contributed by atoms with Crippen LogP contribution >= 0.6 is 11.6 Å². The summed E-state index contributed by atoms with van der Waals surface area (Å²) in [5.74, 6) is 0. The zero-order valence-corrected chi connectivity index (χ0v) is 14.1. The summed E-state index contributed by atoms with van der Waals surface area (Å²) in [4.78, 5) is 0.0699. The van der Waals surface area contributed by atoms with Gasteiger partial charge in [0, 0.05) is 19.0 Å². The molecule has 0 atom stereocenters. The Kier molecular flexibility index (Phi) is 3.79. The fourth-order valence-corrected chi connectivity index (χ4v) is 4.60. The van der Waals surface area contributed by atoms with Gasteiger partial charge >= 0.3 is 0 Å². The van der Waals surface area contributed by atoms with E-state index in [1.54, 1.807) is 14.0 Å². The van der Waals surface area contributed by atoms with Crippen LogP contribution in [0.3, 0.4) is 0 Å². The second-order valence-corrected chi connectivity index (χ2v) is 7.86. The predicted molar refractivity (Wildman–Crippen MR) is 85.5 cm³/mol. The molecule has 1 saturated carbocycles. The Labute approximate surface area is 135 Å². The highest BCUT2D eigenvalue weighted by atomic mass is 35.5. The lowest BCUT2D eigenvalue weighted by Gasteiger charge is -2.16. The predicted octanol–water partition coefficient (Wildman–Crippen LogP) is 2.39. The van der Waals surface area contributed by atoms with Gasteiger partial charge in [0.15, 0.2) is 0 Å². The van der Waals surface area contributed by atoms with E-state index in [1.807, 2.05) is 30.3 Å². The zero-order chi connectivity index (χ0) is 16.0. The van der Waals surface area contributed by atoms with Crippen LogP contribution in [0.15, 0.2) is 35.2 Å². The van der Waals surface area contributed by atoms with Gasteiger partial charge in [0.25, 0.3) is 0 Å². The highest BCUT2D eigenvalue weighted by Crippen LogP contribution is 2.47. The van der Waals surface area contributed by atoms with Crippen molar-refractivity contribution in [3.05, 3.63) is 46.7 Å². The molecule has 0 aliphatic heterocycles. The van der Waals surface area contributed by atoms with Crippen LogP contribution in [0.5, 0.6) is 0 Å². The van der Waals surface area contributed by atoms with Gasteiger partial charge in [-0.3, -0.25) is 4.68 Å².